The molecule has 1 amide bonds. The third kappa shape index (κ3) is 2.19. The average molecular weight is 264 g/mol. The first kappa shape index (κ1) is 12.2. The highest BCUT2D eigenvalue weighted by Gasteiger charge is 2.57. The summed E-state index contributed by atoms with van der Waals surface area (Å²) in [6, 6.07) is 2.61. The quantitative estimate of drug-likeness (QED) is 0.908. The molecule has 0 radical (unpaired) electrons. The van der Waals surface area contributed by atoms with Crippen LogP contribution < -0.4 is 5.32 Å². The molecule has 0 bridgehead atoms. The summed E-state index contributed by atoms with van der Waals surface area (Å²) in [5, 5.41) is 7.64. The highest BCUT2D eigenvalue weighted by molar-refractivity contribution is 7.07. The number of amides is 1. The normalized spacial score (nSPS) is 25.1. The van der Waals surface area contributed by atoms with E-state index < -0.39 is 0 Å². The number of piperidine rings is 1. The van der Waals surface area contributed by atoms with Gasteiger partial charge in [0.2, 0.25) is 5.91 Å². The average Bonchev–Trinajstić information content (AvgIpc) is 2.82. The second kappa shape index (κ2) is 4.67. The van der Waals surface area contributed by atoms with Crippen LogP contribution in [0.1, 0.15) is 31.7 Å². The fourth-order valence-corrected chi connectivity index (χ4v) is 3.91. The lowest BCUT2D eigenvalue weighted by atomic mass is 9.93. The molecule has 1 atom stereocenters. The molecule has 3 rings (SSSR count). The molecule has 1 saturated carbocycles. The molecule has 1 N–H and O–H groups in total. The Bertz CT molecular complexity index is 423. The van der Waals surface area contributed by atoms with Crippen LogP contribution in [0.4, 0.5) is 0 Å². The maximum absolute atomic E-state index is 11.9. The molecule has 2 aliphatic rings. The fraction of sp³-hybridized carbons (Fsp3) is 0.643. The molecular formula is C14H20N2OS. The monoisotopic (exact) mass is 264 g/mol. The minimum atomic E-state index is 0.224. The van der Waals surface area contributed by atoms with Crippen LogP contribution in [0.25, 0.3) is 0 Å². The van der Waals surface area contributed by atoms with Crippen molar-refractivity contribution in [2.45, 2.75) is 38.8 Å². The van der Waals surface area contributed by atoms with Crippen molar-refractivity contribution in [3.8, 4) is 0 Å². The van der Waals surface area contributed by atoms with Gasteiger partial charge < -0.3 is 10.2 Å². The lowest BCUT2D eigenvalue weighted by Crippen LogP contribution is -2.38. The second-order valence-corrected chi connectivity index (χ2v) is 6.39. The standard InChI is InChI=1S/C14H20N2OS/c1-11(17)16(9-12-2-7-18-10-12)13-8-14(13)3-5-15-6-4-14/h2,7,10,13,15H,3-6,8-9H2,1H3/t13-/m1/s1. The van der Waals surface area contributed by atoms with Gasteiger partial charge in [0.05, 0.1) is 0 Å². The molecule has 1 saturated heterocycles. The SMILES string of the molecule is CC(=O)N(Cc1ccsc1)[C@@H]1CC12CCNCC2. The van der Waals surface area contributed by atoms with E-state index in [4.69, 9.17) is 0 Å². The van der Waals surface area contributed by atoms with Crippen molar-refractivity contribution in [3.63, 3.8) is 0 Å². The van der Waals surface area contributed by atoms with Crippen molar-refractivity contribution in [2.24, 2.45) is 5.41 Å². The van der Waals surface area contributed by atoms with Crippen LogP contribution in [0.3, 0.4) is 0 Å². The minimum Gasteiger partial charge on any atom is -0.335 e. The van der Waals surface area contributed by atoms with E-state index >= 15 is 0 Å². The van der Waals surface area contributed by atoms with Gasteiger partial charge in [-0.05, 0) is 60.2 Å². The summed E-state index contributed by atoms with van der Waals surface area (Å²) in [6.07, 6.45) is 3.66. The molecule has 1 aliphatic heterocycles. The van der Waals surface area contributed by atoms with Crippen molar-refractivity contribution in [1.29, 1.82) is 0 Å². The third-order valence-electron chi connectivity index (χ3n) is 4.46. The molecule has 1 aliphatic carbocycles. The Morgan fingerprint density at radius 3 is 2.94 bits per heavy atom. The van der Waals surface area contributed by atoms with Gasteiger partial charge >= 0.3 is 0 Å². The topological polar surface area (TPSA) is 32.3 Å². The molecule has 0 aromatic carbocycles. The number of carbonyl (C=O) groups is 1. The Hall–Kier alpha value is -0.870. The number of nitrogens with one attached hydrogen (secondary N) is 1. The van der Waals surface area contributed by atoms with Gasteiger partial charge in [0.1, 0.15) is 0 Å². The summed E-state index contributed by atoms with van der Waals surface area (Å²) in [5.74, 6) is 0.224. The highest BCUT2D eigenvalue weighted by atomic mass is 32.1. The van der Waals surface area contributed by atoms with Crippen LogP contribution in [0.2, 0.25) is 0 Å². The molecule has 18 heavy (non-hydrogen) atoms. The van der Waals surface area contributed by atoms with E-state index in [1.165, 1.54) is 24.8 Å². The van der Waals surface area contributed by atoms with Gasteiger partial charge in [-0.15, -0.1) is 0 Å². The molecule has 2 heterocycles. The zero-order valence-corrected chi connectivity index (χ0v) is 11.6. The summed E-state index contributed by atoms with van der Waals surface area (Å²) in [4.78, 5) is 14.0. The van der Waals surface area contributed by atoms with Gasteiger partial charge in [-0.3, -0.25) is 4.79 Å². The molecule has 1 spiro atoms. The van der Waals surface area contributed by atoms with Crippen molar-refractivity contribution in [1.82, 2.24) is 10.2 Å². The number of hydrogen-bond donors (Lipinski definition) is 1. The Balaban J connectivity index is 1.70. The summed E-state index contributed by atoms with van der Waals surface area (Å²) >= 11 is 1.70. The number of thiophene rings is 1. The molecular weight excluding hydrogens is 244 g/mol. The van der Waals surface area contributed by atoms with Crippen molar-refractivity contribution >= 4 is 17.2 Å². The summed E-state index contributed by atoms with van der Waals surface area (Å²) in [6.45, 7) is 4.72. The zero-order valence-electron chi connectivity index (χ0n) is 10.8. The first-order valence-electron chi connectivity index (χ1n) is 6.70. The zero-order chi connectivity index (χ0) is 12.6. The largest absolute Gasteiger partial charge is 0.335 e. The van der Waals surface area contributed by atoms with Crippen LogP contribution in [-0.2, 0) is 11.3 Å². The molecule has 98 valence electrons. The van der Waals surface area contributed by atoms with Crippen LogP contribution in [0.5, 0.6) is 0 Å². The number of nitrogens with zero attached hydrogens (tertiary/aromatic N) is 1. The van der Waals surface area contributed by atoms with E-state index in [1.54, 1.807) is 18.3 Å². The van der Waals surface area contributed by atoms with Gasteiger partial charge in [-0.2, -0.15) is 11.3 Å². The lowest BCUT2D eigenvalue weighted by Gasteiger charge is -2.28. The molecule has 1 aromatic heterocycles. The van der Waals surface area contributed by atoms with Crippen LogP contribution in [0.15, 0.2) is 16.8 Å². The number of rotatable bonds is 3. The Labute approximate surface area is 112 Å². The maximum Gasteiger partial charge on any atom is 0.220 e. The Kier molecular flexibility index (Phi) is 3.16. The van der Waals surface area contributed by atoms with Gasteiger partial charge in [0, 0.05) is 19.5 Å². The molecule has 4 heteroatoms. The van der Waals surface area contributed by atoms with Crippen LogP contribution in [-0.4, -0.2) is 29.9 Å². The van der Waals surface area contributed by atoms with E-state index in [9.17, 15) is 4.79 Å². The maximum atomic E-state index is 11.9. The van der Waals surface area contributed by atoms with E-state index in [0.717, 1.165) is 19.6 Å². The number of hydrogen-bond acceptors (Lipinski definition) is 3. The van der Waals surface area contributed by atoms with Gasteiger partial charge in [-0.1, -0.05) is 0 Å². The van der Waals surface area contributed by atoms with Crippen molar-refractivity contribution < 1.29 is 4.79 Å². The molecule has 3 nitrogen and oxygen atoms in total. The summed E-state index contributed by atoms with van der Waals surface area (Å²) in [7, 11) is 0. The Morgan fingerprint density at radius 1 is 1.56 bits per heavy atom. The summed E-state index contributed by atoms with van der Waals surface area (Å²) in [5.41, 5.74) is 1.71. The third-order valence-corrected chi connectivity index (χ3v) is 5.19. The van der Waals surface area contributed by atoms with Crippen LogP contribution >= 0.6 is 11.3 Å². The van der Waals surface area contributed by atoms with E-state index in [1.807, 2.05) is 0 Å². The molecule has 2 fully saturated rings. The first-order valence-corrected chi connectivity index (χ1v) is 7.65. The van der Waals surface area contributed by atoms with Crippen LogP contribution in [0, 0.1) is 5.41 Å². The van der Waals surface area contributed by atoms with Gasteiger partial charge in [0.15, 0.2) is 0 Å². The predicted octanol–water partition coefficient (Wildman–Crippen LogP) is 2.24. The van der Waals surface area contributed by atoms with Gasteiger partial charge in [0.25, 0.3) is 0 Å². The summed E-state index contributed by atoms with van der Waals surface area (Å²) < 4.78 is 0. The second-order valence-electron chi connectivity index (χ2n) is 5.61. The van der Waals surface area contributed by atoms with E-state index in [2.05, 4.69) is 27.0 Å². The predicted molar refractivity (Wildman–Crippen MR) is 73.5 cm³/mol. The van der Waals surface area contributed by atoms with Crippen molar-refractivity contribution in [2.75, 3.05) is 13.1 Å². The van der Waals surface area contributed by atoms with Gasteiger partial charge in [-0.25, -0.2) is 0 Å². The highest BCUT2D eigenvalue weighted by Crippen LogP contribution is 2.56. The molecule has 1 aromatic rings. The lowest BCUT2D eigenvalue weighted by molar-refractivity contribution is -0.130. The van der Waals surface area contributed by atoms with E-state index in [0.29, 0.717) is 11.5 Å². The fourth-order valence-electron chi connectivity index (χ4n) is 3.25. The van der Waals surface area contributed by atoms with Crippen molar-refractivity contribution in [3.05, 3.63) is 22.4 Å². The Morgan fingerprint density at radius 2 is 2.33 bits per heavy atom. The minimum absolute atomic E-state index is 0.224. The first-order chi connectivity index (χ1) is 8.71. The van der Waals surface area contributed by atoms with E-state index in [-0.39, 0.29) is 5.91 Å². The smallest absolute Gasteiger partial charge is 0.220 e. The number of carbonyl (C=O) groups excluding carboxylic acids is 1. The molecule has 0 unspecified atom stereocenters.